The Bertz CT molecular complexity index is 563. The molecule has 6 heteroatoms. The van der Waals surface area contributed by atoms with E-state index >= 15 is 0 Å². The lowest BCUT2D eigenvalue weighted by Gasteiger charge is -2.14. The summed E-state index contributed by atoms with van der Waals surface area (Å²) in [6.07, 6.45) is 0.687. The Labute approximate surface area is 107 Å². The zero-order valence-electron chi connectivity index (χ0n) is 9.87. The van der Waals surface area contributed by atoms with Crippen molar-refractivity contribution >= 4 is 10.0 Å². The molecule has 1 fully saturated rings. The SMILES string of the molecule is N#Cc1cccc(OCCN2CCCS2(=O)=O)c1. The number of nitriles is 1. The highest BCUT2D eigenvalue weighted by Gasteiger charge is 2.27. The summed E-state index contributed by atoms with van der Waals surface area (Å²) in [5.41, 5.74) is 0.529. The van der Waals surface area contributed by atoms with Crippen LogP contribution in [0.1, 0.15) is 12.0 Å². The summed E-state index contributed by atoms with van der Waals surface area (Å²) in [5, 5.41) is 8.74. The second kappa shape index (κ2) is 5.38. The molecule has 96 valence electrons. The largest absolute Gasteiger partial charge is 0.492 e. The van der Waals surface area contributed by atoms with E-state index < -0.39 is 10.0 Å². The third-order valence-corrected chi connectivity index (χ3v) is 4.73. The highest BCUT2D eigenvalue weighted by Crippen LogP contribution is 2.15. The minimum atomic E-state index is -3.05. The van der Waals surface area contributed by atoms with Crippen molar-refractivity contribution in [1.29, 1.82) is 5.26 Å². The summed E-state index contributed by atoms with van der Waals surface area (Å²) < 4.78 is 30.0. The summed E-state index contributed by atoms with van der Waals surface area (Å²) in [6, 6.07) is 8.84. The van der Waals surface area contributed by atoms with Gasteiger partial charge in [-0.25, -0.2) is 8.42 Å². The molecule has 2 rings (SSSR count). The van der Waals surface area contributed by atoms with Gasteiger partial charge in [-0.2, -0.15) is 9.57 Å². The molecule has 0 saturated carbocycles. The van der Waals surface area contributed by atoms with Crippen LogP contribution in [0.2, 0.25) is 0 Å². The van der Waals surface area contributed by atoms with E-state index in [0.717, 1.165) is 0 Å². The maximum Gasteiger partial charge on any atom is 0.214 e. The zero-order chi connectivity index (χ0) is 13.0. The minimum absolute atomic E-state index is 0.233. The van der Waals surface area contributed by atoms with Gasteiger partial charge in [0.1, 0.15) is 12.4 Å². The molecule has 1 saturated heterocycles. The first kappa shape index (κ1) is 12.9. The normalized spacial score (nSPS) is 18.4. The van der Waals surface area contributed by atoms with E-state index in [-0.39, 0.29) is 5.75 Å². The molecule has 0 aromatic heterocycles. The van der Waals surface area contributed by atoms with Crippen molar-refractivity contribution in [2.24, 2.45) is 0 Å². The van der Waals surface area contributed by atoms with Crippen LogP contribution in [-0.2, 0) is 10.0 Å². The molecule has 0 amide bonds. The lowest BCUT2D eigenvalue weighted by molar-refractivity contribution is 0.279. The molecule has 0 unspecified atom stereocenters. The Morgan fingerprint density at radius 2 is 2.28 bits per heavy atom. The Hall–Kier alpha value is -1.58. The van der Waals surface area contributed by atoms with E-state index in [1.54, 1.807) is 24.3 Å². The summed E-state index contributed by atoms with van der Waals surface area (Å²) in [5.74, 6) is 0.822. The molecule has 0 radical (unpaired) electrons. The fraction of sp³-hybridized carbons (Fsp3) is 0.417. The van der Waals surface area contributed by atoms with Crippen molar-refractivity contribution in [2.75, 3.05) is 25.4 Å². The van der Waals surface area contributed by atoms with Crippen LogP contribution in [0.15, 0.2) is 24.3 Å². The smallest absolute Gasteiger partial charge is 0.214 e. The van der Waals surface area contributed by atoms with Gasteiger partial charge in [-0.1, -0.05) is 6.07 Å². The van der Waals surface area contributed by atoms with Crippen LogP contribution in [0.5, 0.6) is 5.75 Å². The first-order valence-electron chi connectivity index (χ1n) is 5.72. The topological polar surface area (TPSA) is 70.4 Å². The summed E-state index contributed by atoms with van der Waals surface area (Å²) in [7, 11) is -3.05. The van der Waals surface area contributed by atoms with E-state index in [1.165, 1.54) is 4.31 Å². The fourth-order valence-corrected chi connectivity index (χ4v) is 3.38. The number of sulfonamides is 1. The molecule has 1 aromatic carbocycles. The second-order valence-electron chi connectivity index (χ2n) is 4.06. The fourth-order valence-electron chi connectivity index (χ4n) is 1.86. The van der Waals surface area contributed by atoms with Gasteiger partial charge in [-0.05, 0) is 24.6 Å². The Balaban J connectivity index is 1.87. The predicted octanol–water partition coefficient (Wildman–Crippen LogP) is 0.973. The standard InChI is InChI=1S/C12H14N2O3S/c13-10-11-3-1-4-12(9-11)17-7-6-14-5-2-8-18(14,15)16/h1,3-4,9H,2,5-8H2. The maximum atomic E-state index is 11.5. The third-order valence-electron chi connectivity index (χ3n) is 2.78. The molecule has 0 aliphatic carbocycles. The third kappa shape index (κ3) is 3.00. The number of benzene rings is 1. The van der Waals surface area contributed by atoms with Crippen LogP contribution in [0.3, 0.4) is 0 Å². The van der Waals surface area contributed by atoms with E-state index in [1.807, 2.05) is 6.07 Å². The Kier molecular flexibility index (Phi) is 3.84. The highest BCUT2D eigenvalue weighted by atomic mass is 32.2. The van der Waals surface area contributed by atoms with E-state index in [2.05, 4.69) is 0 Å². The van der Waals surface area contributed by atoms with Gasteiger partial charge in [-0.15, -0.1) is 0 Å². The van der Waals surface area contributed by atoms with E-state index in [4.69, 9.17) is 10.00 Å². The Morgan fingerprint density at radius 1 is 1.44 bits per heavy atom. The lowest BCUT2D eigenvalue weighted by atomic mass is 10.2. The molecule has 0 N–H and O–H groups in total. The lowest BCUT2D eigenvalue weighted by Crippen LogP contribution is -2.30. The van der Waals surface area contributed by atoms with Gasteiger partial charge < -0.3 is 4.74 Å². The second-order valence-corrected chi connectivity index (χ2v) is 6.15. The molecule has 1 aliphatic heterocycles. The first-order valence-corrected chi connectivity index (χ1v) is 7.33. The average Bonchev–Trinajstić information content (AvgIpc) is 2.69. The van der Waals surface area contributed by atoms with Crippen LogP contribution in [0.4, 0.5) is 0 Å². The van der Waals surface area contributed by atoms with Crippen molar-refractivity contribution in [3.63, 3.8) is 0 Å². The van der Waals surface area contributed by atoms with Crippen LogP contribution >= 0.6 is 0 Å². The van der Waals surface area contributed by atoms with Crippen LogP contribution < -0.4 is 4.74 Å². The van der Waals surface area contributed by atoms with Gasteiger partial charge in [0.05, 0.1) is 17.4 Å². The Morgan fingerprint density at radius 3 is 2.94 bits per heavy atom. The number of nitrogens with zero attached hydrogens (tertiary/aromatic N) is 2. The van der Waals surface area contributed by atoms with Crippen LogP contribution in [-0.4, -0.2) is 38.2 Å². The molecular formula is C12H14N2O3S. The van der Waals surface area contributed by atoms with E-state index in [0.29, 0.717) is 37.4 Å². The van der Waals surface area contributed by atoms with E-state index in [9.17, 15) is 8.42 Å². The summed E-state index contributed by atoms with van der Waals surface area (Å²) >= 11 is 0. The number of hydrogen-bond donors (Lipinski definition) is 0. The highest BCUT2D eigenvalue weighted by molar-refractivity contribution is 7.89. The van der Waals surface area contributed by atoms with Crippen molar-refractivity contribution < 1.29 is 13.2 Å². The van der Waals surface area contributed by atoms with Gasteiger partial charge in [0, 0.05) is 13.1 Å². The molecule has 0 spiro atoms. The first-order chi connectivity index (χ1) is 8.62. The van der Waals surface area contributed by atoms with Crippen LogP contribution in [0, 0.1) is 11.3 Å². The monoisotopic (exact) mass is 266 g/mol. The van der Waals surface area contributed by atoms with Crippen molar-refractivity contribution in [3.05, 3.63) is 29.8 Å². The molecular weight excluding hydrogens is 252 g/mol. The predicted molar refractivity (Wildman–Crippen MR) is 66.6 cm³/mol. The van der Waals surface area contributed by atoms with Gasteiger partial charge in [0.25, 0.3) is 0 Å². The molecule has 0 bridgehead atoms. The molecule has 18 heavy (non-hydrogen) atoms. The summed E-state index contributed by atoms with van der Waals surface area (Å²) in [6.45, 7) is 1.23. The minimum Gasteiger partial charge on any atom is -0.492 e. The average molecular weight is 266 g/mol. The number of hydrogen-bond acceptors (Lipinski definition) is 4. The van der Waals surface area contributed by atoms with Gasteiger partial charge in [0.15, 0.2) is 0 Å². The van der Waals surface area contributed by atoms with Crippen molar-refractivity contribution in [2.45, 2.75) is 6.42 Å². The van der Waals surface area contributed by atoms with Gasteiger partial charge >= 0.3 is 0 Å². The molecule has 1 heterocycles. The number of ether oxygens (including phenoxy) is 1. The number of rotatable bonds is 4. The van der Waals surface area contributed by atoms with Crippen LogP contribution in [0.25, 0.3) is 0 Å². The van der Waals surface area contributed by atoms with Gasteiger partial charge in [-0.3, -0.25) is 0 Å². The molecule has 1 aromatic rings. The van der Waals surface area contributed by atoms with Crippen molar-refractivity contribution in [3.8, 4) is 11.8 Å². The molecule has 1 aliphatic rings. The molecule has 5 nitrogen and oxygen atoms in total. The van der Waals surface area contributed by atoms with Gasteiger partial charge in [0.2, 0.25) is 10.0 Å². The summed E-state index contributed by atoms with van der Waals surface area (Å²) in [4.78, 5) is 0. The maximum absolute atomic E-state index is 11.5. The molecule has 0 atom stereocenters. The quantitative estimate of drug-likeness (QED) is 0.814. The van der Waals surface area contributed by atoms with Crippen molar-refractivity contribution in [1.82, 2.24) is 4.31 Å². The zero-order valence-corrected chi connectivity index (χ0v) is 10.7.